The molecule has 1 saturated carbocycles. The van der Waals surface area contributed by atoms with Crippen molar-refractivity contribution in [2.24, 2.45) is 11.8 Å². The molecule has 21 heavy (non-hydrogen) atoms. The first kappa shape index (κ1) is 16.3. The summed E-state index contributed by atoms with van der Waals surface area (Å²) in [6, 6.07) is -0.212. The SMILES string of the molecule is CC1CCC(N(OC(=O)C2CCCN2)C(=O)C(C)C)CC1. The van der Waals surface area contributed by atoms with Crippen molar-refractivity contribution in [3.05, 3.63) is 0 Å². The molecule has 1 aliphatic heterocycles. The van der Waals surface area contributed by atoms with Crippen LogP contribution in [0.1, 0.15) is 59.3 Å². The zero-order chi connectivity index (χ0) is 15.4. The number of carbonyl (C=O) groups excluding carboxylic acids is 2. The van der Waals surface area contributed by atoms with Gasteiger partial charge < -0.3 is 10.2 Å². The Kier molecular flexibility index (Phi) is 5.62. The predicted octanol–water partition coefficient (Wildman–Crippen LogP) is 2.26. The maximum Gasteiger partial charge on any atom is 0.349 e. The number of rotatable bonds is 3. The van der Waals surface area contributed by atoms with Gasteiger partial charge in [-0.05, 0) is 51.0 Å². The van der Waals surface area contributed by atoms with Crippen molar-refractivity contribution in [2.45, 2.75) is 71.4 Å². The molecule has 0 radical (unpaired) electrons. The molecule has 1 amide bonds. The molecule has 0 aromatic heterocycles. The van der Waals surface area contributed by atoms with Crippen LogP contribution < -0.4 is 5.32 Å². The van der Waals surface area contributed by atoms with E-state index in [4.69, 9.17) is 4.84 Å². The Bertz CT molecular complexity index is 370. The lowest BCUT2D eigenvalue weighted by Gasteiger charge is -2.35. The Hall–Kier alpha value is -1.10. The molecule has 2 rings (SSSR count). The van der Waals surface area contributed by atoms with E-state index in [1.807, 2.05) is 13.8 Å². The van der Waals surface area contributed by atoms with E-state index in [2.05, 4.69) is 12.2 Å². The third kappa shape index (κ3) is 4.19. The third-order valence-electron chi connectivity index (χ3n) is 4.56. The van der Waals surface area contributed by atoms with Gasteiger partial charge >= 0.3 is 5.97 Å². The van der Waals surface area contributed by atoms with Crippen LogP contribution in [0, 0.1) is 11.8 Å². The molecule has 120 valence electrons. The van der Waals surface area contributed by atoms with Crippen molar-refractivity contribution < 1.29 is 14.4 Å². The van der Waals surface area contributed by atoms with E-state index in [0.29, 0.717) is 5.92 Å². The van der Waals surface area contributed by atoms with Gasteiger partial charge in [0.15, 0.2) is 0 Å². The Morgan fingerprint density at radius 2 is 1.81 bits per heavy atom. The molecule has 2 aliphatic rings. The zero-order valence-electron chi connectivity index (χ0n) is 13.4. The van der Waals surface area contributed by atoms with Crippen molar-refractivity contribution in [1.82, 2.24) is 10.4 Å². The molecule has 1 N–H and O–H groups in total. The average Bonchev–Trinajstić information content (AvgIpc) is 2.99. The minimum Gasteiger partial charge on any atom is -0.336 e. The standard InChI is InChI=1S/C16H28N2O3/c1-11(2)15(19)18(13-8-6-12(3)7-9-13)21-16(20)14-5-4-10-17-14/h11-14,17H,4-10H2,1-3H3. The van der Waals surface area contributed by atoms with Gasteiger partial charge in [-0.15, -0.1) is 0 Å². The second-order valence-electron chi connectivity index (χ2n) is 6.79. The molecule has 5 heteroatoms. The summed E-state index contributed by atoms with van der Waals surface area (Å²) in [6.45, 7) is 6.78. The molecule has 1 heterocycles. The summed E-state index contributed by atoms with van der Waals surface area (Å²) in [5.41, 5.74) is 0. The molecule has 0 aromatic rings. The van der Waals surface area contributed by atoms with E-state index in [-0.39, 0.29) is 29.9 Å². The minimum atomic E-state index is -0.305. The molecule has 1 aliphatic carbocycles. The normalized spacial score (nSPS) is 29.4. The van der Waals surface area contributed by atoms with E-state index in [0.717, 1.165) is 45.1 Å². The lowest BCUT2D eigenvalue weighted by molar-refractivity contribution is -0.213. The summed E-state index contributed by atoms with van der Waals surface area (Å²) in [4.78, 5) is 30.1. The van der Waals surface area contributed by atoms with Gasteiger partial charge in [0.2, 0.25) is 0 Å². The monoisotopic (exact) mass is 296 g/mol. The fraction of sp³-hybridized carbons (Fsp3) is 0.875. The van der Waals surface area contributed by atoms with Gasteiger partial charge in [-0.3, -0.25) is 4.79 Å². The summed E-state index contributed by atoms with van der Waals surface area (Å²) in [7, 11) is 0. The lowest BCUT2D eigenvalue weighted by Crippen LogP contribution is -2.48. The highest BCUT2D eigenvalue weighted by Gasteiger charge is 2.34. The van der Waals surface area contributed by atoms with Crippen LogP contribution in [0.2, 0.25) is 0 Å². The smallest absolute Gasteiger partial charge is 0.336 e. The summed E-state index contributed by atoms with van der Waals surface area (Å²) >= 11 is 0. The van der Waals surface area contributed by atoms with Crippen LogP contribution in [0.3, 0.4) is 0 Å². The number of amides is 1. The fourth-order valence-electron chi connectivity index (χ4n) is 3.08. The molecule has 1 saturated heterocycles. The summed E-state index contributed by atoms with van der Waals surface area (Å²) < 4.78 is 0. The fourth-order valence-corrected chi connectivity index (χ4v) is 3.08. The van der Waals surface area contributed by atoms with E-state index >= 15 is 0 Å². The molecule has 0 spiro atoms. The van der Waals surface area contributed by atoms with Crippen LogP contribution in [-0.4, -0.2) is 35.6 Å². The van der Waals surface area contributed by atoms with Crippen LogP contribution >= 0.6 is 0 Å². The van der Waals surface area contributed by atoms with Crippen molar-refractivity contribution in [2.75, 3.05) is 6.54 Å². The number of nitrogens with one attached hydrogen (secondary N) is 1. The van der Waals surface area contributed by atoms with Crippen molar-refractivity contribution in [3.63, 3.8) is 0 Å². The van der Waals surface area contributed by atoms with Crippen LogP contribution in [0.4, 0.5) is 0 Å². The van der Waals surface area contributed by atoms with E-state index in [1.54, 1.807) is 0 Å². The van der Waals surface area contributed by atoms with Gasteiger partial charge in [-0.1, -0.05) is 20.8 Å². The third-order valence-corrected chi connectivity index (χ3v) is 4.56. The molecular weight excluding hydrogens is 268 g/mol. The first-order chi connectivity index (χ1) is 9.99. The van der Waals surface area contributed by atoms with Crippen molar-refractivity contribution in [3.8, 4) is 0 Å². The molecular formula is C16H28N2O3. The van der Waals surface area contributed by atoms with Crippen molar-refractivity contribution >= 4 is 11.9 Å². The summed E-state index contributed by atoms with van der Waals surface area (Å²) in [6.07, 6.45) is 5.80. The Labute approximate surface area is 127 Å². The number of hydrogen-bond acceptors (Lipinski definition) is 4. The highest BCUT2D eigenvalue weighted by Crippen LogP contribution is 2.28. The van der Waals surface area contributed by atoms with Gasteiger partial charge in [0, 0.05) is 5.92 Å². The first-order valence-corrected chi connectivity index (χ1v) is 8.27. The van der Waals surface area contributed by atoms with Crippen LogP contribution in [-0.2, 0) is 14.4 Å². The molecule has 5 nitrogen and oxygen atoms in total. The minimum absolute atomic E-state index is 0.0430. The average molecular weight is 296 g/mol. The quantitative estimate of drug-likeness (QED) is 0.812. The number of nitrogens with zero attached hydrogens (tertiary/aromatic N) is 1. The second-order valence-corrected chi connectivity index (χ2v) is 6.79. The molecule has 0 aromatic carbocycles. The predicted molar refractivity (Wildman–Crippen MR) is 80.2 cm³/mol. The lowest BCUT2D eigenvalue weighted by atomic mass is 9.87. The van der Waals surface area contributed by atoms with E-state index < -0.39 is 0 Å². The molecule has 0 bridgehead atoms. The molecule has 2 fully saturated rings. The van der Waals surface area contributed by atoms with Gasteiger partial charge in [0.1, 0.15) is 6.04 Å². The second kappa shape index (κ2) is 7.25. The van der Waals surface area contributed by atoms with Crippen LogP contribution in [0.15, 0.2) is 0 Å². The van der Waals surface area contributed by atoms with Crippen LogP contribution in [0.25, 0.3) is 0 Å². The number of carbonyl (C=O) groups is 2. The highest BCUT2D eigenvalue weighted by molar-refractivity contribution is 5.81. The zero-order valence-corrected chi connectivity index (χ0v) is 13.4. The Morgan fingerprint density at radius 1 is 1.14 bits per heavy atom. The number of hydroxylamine groups is 2. The molecule has 1 atom stereocenters. The van der Waals surface area contributed by atoms with Gasteiger partial charge in [0.05, 0.1) is 6.04 Å². The van der Waals surface area contributed by atoms with Crippen molar-refractivity contribution in [1.29, 1.82) is 0 Å². The summed E-state index contributed by atoms with van der Waals surface area (Å²) in [5.74, 6) is 0.152. The van der Waals surface area contributed by atoms with Crippen LogP contribution in [0.5, 0.6) is 0 Å². The van der Waals surface area contributed by atoms with E-state index in [9.17, 15) is 9.59 Å². The topological polar surface area (TPSA) is 58.6 Å². The Balaban J connectivity index is 2.01. The maximum absolute atomic E-state index is 12.4. The van der Waals surface area contributed by atoms with Gasteiger partial charge in [0.25, 0.3) is 5.91 Å². The van der Waals surface area contributed by atoms with Gasteiger partial charge in [-0.25, -0.2) is 4.79 Å². The maximum atomic E-state index is 12.4. The largest absolute Gasteiger partial charge is 0.349 e. The number of hydrogen-bond donors (Lipinski definition) is 1. The molecule has 1 unspecified atom stereocenters. The summed E-state index contributed by atoms with van der Waals surface area (Å²) in [5, 5.41) is 4.52. The van der Waals surface area contributed by atoms with E-state index in [1.165, 1.54) is 5.06 Å². The van der Waals surface area contributed by atoms with Gasteiger partial charge in [-0.2, -0.15) is 5.06 Å². The highest BCUT2D eigenvalue weighted by atomic mass is 16.7. The first-order valence-electron chi connectivity index (χ1n) is 8.27. The Morgan fingerprint density at radius 3 is 2.33 bits per heavy atom.